The summed E-state index contributed by atoms with van der Waals surface area (Å²) in [6.45, 7) is 8.94. The van der Waals surface area contributed by atoms with Gasteiger partial charge in [-0.05, 0) is 58.8 Å². The molecule has 2 aliphatic heterocycles. The lowest BCUT2D eigenvalue weighted by Gasteiger charge is -2.44. The van der Waals surface area contributed by atoms with Gasteiger partial charge in [-0.1, -0.05) is 6.92 Å². The van der Waals surface area contributed by atoms with E-state index in [0.717, 1.165) is 25.9 Å². The molecule has 0 spiro atoms. The van der Waals surface area contributed by atoms with Crippen molar-refractivity contribution in [2.24, 2.45) is 5.92 Å². The lowest BCUT2D eigenvalue weighted by molar-refractivity contribution is -0.144. The molecule has 0 radical (unpaired) electrons. The van der Waals surface area contributed by atoms with E-state index in [0.29, 0.717) is 12.1 Å². The van der Waals surface area contributed by atoms with Crippen LogP contribution in [0.5, 0.6) is 0 Å². The van der Waals surface area contributed by atoms with Crippen LogP contribution in [0.4, 0.5) is 0 Å². The fraction of sp³-hybridized carbons (Fsp3) is 0.929. The molecule has 2 saturated heterocycles. The predicted molar refractivity (Wildman–Crippen MR) is 71.7 cm³/mol. The van der Waals surface area contributed by atoms with E-state index in [9.17, 15) is 4.79 Å². The average molecular weight is 254 g/mol. The predicted octanol–water partition coefficient (Wildman–Crippen LogP) is 1.66. The Morgan fingerprint density at radius 1 is 1.22 bits per heavy atom. The Bertz CT molecular complexity index is 288. The van der Waals surface area contributed by atoms with Gasteiger partial charge in [0.05, 0.1) is 5.92 Å². The lowest BCUT2D eigenvalue weighted by Crippen LogP contribution is -2.52. The van der Waals surface area contributed by atoms with Crippen molar-refractivity contribution >= 4 is 5.97 Å². The Balaban J connectivity index is 1.85. The van der Waals surface area contributed by atoms with Crippen molar-refractivity contribution in [2.75, 3.05) is 26.2 Å². The molecule has 0 aliphatic carbocycles. The molecule has 104 valence electrons. The van der Waals surface area contributed by atoms with E-state index < -0.39 is 5.97 Å². The van der Waals surface area contributed by atoms with Crippen LogP contribution in [0.25, 0.3) is 0 Å². The van der Waals surface area contributed by atoms with E-state index in [1.54, 1.807) is 0 Å². The summed E-state index contributed by atoms with van der Waals surface area (Å²) in [6, 6.07) is 1.11. The highest BCUT2D eigenvalue weighted by atomic mass is 16.4. The lowest BCUT2D eigenvalue weighted by atomic mass is 9.89. The molecule has 2 unspecified atom stereocenters. The Hall–Kier alpha value is -0.610. The molecule has 2 aliphatic rings. The molecular weight excluding hydrogens is 228 g/mol. The van der Waals surface area contributed by atoms with Crippen LogP contribution in [-0.4, -0.2) is 59.1 Å². The van der Waals surface area contributed by atoms with Crippen LogP contribution in [0, 0.1) is 5.92 Å². The molecule has 1 N–H and O–H groups in total. The third kappa shape index (κ3) is 3.04. The number of aliphatic carboxylic acids is 1. The Morgan fingerprint density at radius 2 is 1.89 bits per heavy atom. The Morgan fingerprint density at radius 3 is 2.39 bits per heavy atom. The quantitative estimate of drug-likeness (QED) is 0.832. The molecule has 2 atom stereocenters. The summed E-state index contributed by atoms with van der Waals surface area (Å²) in [5.41, 5.74) is 0. The maximum Gasteiger partial charge on any atom is 0.306 e. The van der Waals surface area contributed by atoms with E-state index in [2.05, 4.69) is 23.6 Å². The number of hydrogen-bond donors (Lipinski definition) is 1. The van der Waals surface area contributed by atoms with Gasteiger partial charge in [0.2, 0.25) is 0 Å². The van der Waals surface area contributed by atoms with Gasteiger partial charge in [0.15, 0.2) is 0 Å². The van der Waals surface area contributed by atoms with E-state index in [1.165, 1.54) is 25.9 Å². The summed E-state index contributed by atoms with van der Waals surface area (Å²) in [5, 5.41) is 9.09. The summed E-state index contributed by atoms with van der Waals surface area (Å²) < 4.78 is 0. The zero-order valence-electron chi connectivity index (χ0n) is 11.6. The first kappa shape index (κ1) is 13.8. The van der Waals surface area contributed by atoms with Crippen molar-refractivity contribution in [3.05, 3.63) is 0 Å². The molecule has 2 rings (SSSR count). The SMILES string of the molecule is CCN1CCC(N2CCC(C(=O)O)CC2C)CC1. The standard InChI is InChI=1S/C14H26N2O2/c1-3-15-7-5-13(6-8-15)16-9-4-12(14(17)18)10-11(16)2/h11-13H,3-10H2,1-2H3,(H,17,18). The van der Waals surface area contributed by atoms with Gasteiger partial charge in [-0.25, -0.2) is 0 Å². The second-order valence-electron chi connectivity index (χ2n) is 5.81. The number of likely N-dealkylation sites (tertiary alicyclic amines) is 2. The molecule has 0 saturated carbocycles. The van der Waals surface area contributed by atoms with Gasteiger partial charge in [0.1, 0.15) is 0 Å². The van der Waals surface area contributed by atoms with Crippen molar-refractivity contribution in [3.8, 4) is 0 Å². The van der Waals surface area contributed by atoms with Crippen molar-refractivity contribution < 1.29 is 9.90 Å². The molecule has 2 fully saturated rings. The molecule has 0 aromatic carbocycles. The minimum absolute atomic E-state index is 0.119. The van der Waals surface area contributed by atoms with Crippen LogP contribution in [0.3, 0.4) is 0 Å². The van der Waals surface area contributed by atoms with Gasteiger partial charge in [-0.3, -0.25) is 9.69 Å². The van der Waals surface area contributed by atoms with Crippen LogP contribution in [0.1, 0.15) is 39.5 Å². The van der Waals surface area contributed by atoms with E-state index in [4.69, 9.17) is 5.11 Å². The zero-order valence-corrected chi connectivity index (χ0v) is 11.6. The second kappa shape index (κ2) is 6.02. The number of piperidine rings is 2. The minimum atomic E-state index is -0.609. The highest BCUT2D eigenvalue weighted by molar-refractivity contribution is 5.70. The maximum atomic E-state index is 11.0. The molecule has 2 heterocycles. The summed E-state index contributed by atoms with van der Waals surface area (Å²) in [4.78, 5) is 16.1. The van der Waals surface area contributed by atoms with E-state index >= 15 is 0 Å². The third-order valence-electron chi connectivity index (χ3n) is 4.75. The number of carboxylic acids is 1. The highest BCUT2D eigenvalue weighted by Gasteiger charge is 2.34. The fourth-order valence-electron chi connectivity index (χ4n) is 3.52. The molecule has 0 aromatic rings. The average Bonchev–Trinajstić information content (AvgIpc) is 2.38. The largest absolute Gasteiger partial charge is 0.481 e. The minimum Gasteiger partial charge on any atom is -0.481 e. The molecule has 4 heteroatoms. The first-order valence-electron chi connectivity index (χ1n) is 7.32. The van der Waals surface area contributed by atoms with Crippen LogP contribution in [0.15, 0.2) is 0 Å². The van der Waals surface area contributed by atoms with Crippen LogP contribution in [-0.2, 0) is 4.79 Å². The molecule has 4 nitrogen and oxygen atoms in total. The first-order valence-corrected chi connectivity index (χ1v) is 7.32. The van der Waals surface area contributed by atoms with Gasteiger partial charge in [0, 0.05) is 12.1 Å². The van der Waals surface area contributed by atoms with Gasteiger partial charge in [-0.2, -0.15) is 0 Å². The Kier molecular flexibility index (Phi) is 4.62. The van der Waals surface area contributed by atoms with Gasteiger partial charge >= 0.3 is 5.97 Å². The first-order chi connectivity index (χ1) is 8.61. The van der Waals surface area contributed by atoms with E-state index in [-0.39, 0.29) is 5.92 Å². The molecule has 0 amide bonds. The third-order valence-corrected chi connectivity index (χ3v) is 4.75. The van der Waals surface area contributed by atoms with Gasteiger partial charge in [-0.15, -0.1) is 0 Å². The summed E-state index contributed by atoms with van der Waals surface area (Å²) in [5.74, 6) is -0.728. The van der Waals surface area contributed by atoms with E-state index in [1.807, 2.05) is 0 Å². The molecule has 18 heavy (non-hydrogen) atoms. The van der Waals surface area contributed by atoms with Crippen LogP contribution >= 0.6 is 0 Å². The number of rotatable bonds is 3. The van der Waals surface area contributed by atoms with Crippen molar-refractivity contribution in [1.82, 2.24) is 9.80 Å². The normalized spacial score (nSPS) is 32.6. The van der Waals surface area contributed by atoms with Crippen molar-refractivity contribution in [3.63, 3.8) is 0 Å². The fourth-order valence-corrected chi connectivity index (χ4v) is 3.52. The van der Waals surface area contributed by atoms with Crippen molar-refractivity contribution in [1.29, 1.82) is 0 Å². The summed E-state index contributed by atoms with van der Waals surface area (Å²) >= 11 is 0. The van der Waals surface area contributed by atoms with Gasteiger partial charge < -0.3 is 10.0 Å². The number of carboxylic acid groups (broad SMARTS) is 1. The molecular formula is C14H26N2O2. The second-order valence-corrected chi connectivity index (χ2v) is 5.81. The Labute approximate surface area is 110 Å². The number of hydrogen-bond acceptors (Lipinski definition) is 3. The number of nitrogens with zero attached hydrogens (tertiary/aromatic N) is 2. The zero-order chi connectivity index (χ0) is 13.1. The molecule has 0 aromatic heterocycles. The highest BCUT2D eigenvalue weighted by Crippen LogP contribution is 2.28. The smallest absolute Gasteiger partial charge is 0.306 e. The molecule has 0 bridgehead atoms. The number of carbonyl (C=O) groups is 1. The summed E-state index contributed by atoms with van der Waals surface area (Å²) in [6.07, 6.45) is 4.14. The maximum absolute atomic E-state index is 11.0. The van der Waals surface area contributed by atoms with Crippen molar-refractivity contribution in [2.45, 2.75) is 51.6 Å². The topological polar surface area (TPSA) is 43.8 Å². The van der Waals surface area contributed by atoms with Crippen LogP contribution < -0.4 is 0 Å². The summed E-state index contributed by atoms with van der Waals surface area (Å²) in [7, 11) is 0. The van der Waals surface area contributed by atoms with Crippen LogP contribution in [0.2, 0.25) is 0 Å². The van der Waals surface area contributed by atoms with Gasteiger partial charge in [0.25, 0.3) is 0 Å². The monoisotopic (exact) mass is 254 g/mol.